The summed E-state index contributed by atoms with van der Waals surface area (Å²) in [6.45, 7) is 1.10. The lowest BCUT2D eigenvalue weighted by atomic mass is 10.2. The van der Waals surface area contributed by atoms with E-state index in [4.69, 9.17) is 19.9 Å². The normalized spacial score (nSPS) is 12.9. The Bertz CT molecular complexity index is 558. The number of nitrogen functional groups attached to an aromatic ring is 1. The number of hydrogen-bond donors (Lipinski definition) is 1. The Kier molecular flexibility index (Phi) is 2.99. The molecule has 94 valence electrons. The summed E-state index contributed by atoms with van der Waals surface area (Å²) in [5.41, 5.74) is 7.37. The van der Waals surface area contributed by atoms with E-state index in [1.807, 2.05) is 18.2 Å². The lowest BCUT2D eigenvalue weighted by Crippen LogP contribution is -1.97. The molecule has 2 aromatic rings. The summed E-state index contributed by atoms with van der Waals surface area (Å²) in [6.07, 6.45) is 0. The summed E-state index contributed by atoms with van der Waals surface area (Å²) in [7, 11) is 0. The van der Waals surface area contributed by atoms with Gasteiger partial charge in [0, 0.05) is 11.5 Å². The Hall–Kier alpha value is -1.86. The molecule has 0 aliphatic carbocycles. The van der Waals surface area contributed by atoms with Crippen molar-refractivity contribution >= 4 is 16.5 Å². The molecule has 0 saturated carbocycles. The van der Waals surface area contributed by atoms with Crippen molar-refractivity contribution in [1.82, 2.24) is 9.59 Å². The topological polar surface area (TPSA) is 79.5 Å². The van der Waals surface area contributed by atoms with E-state index in [9.17, 15) is 0 Å². The second-order valence-electron chi connectivity index (χ2n) is 3.76. The van der Waals surface area contributed by atoms with Crippen molar-refractivity contribution in [2.45, 2.75) is 13.2 Å². The fourth-order valence-corrected chi connectivity index (χ4v) is 2.04. The molecule has 0 spiro atoms. The molecule has 0 amide bonds. The van der Waals surface area contributed by atoms with Crippen LogP contribution < -0.4 is 15.2 Å². The summed E-state index contributed by atoms with van der Waals surface area (Å²) in [5.74, 6) is 1.53. The molecule has 3 rings (SSSR count). The van der Waals surface area contributed by atoms with E-state index in [0.29, 0.717) is 23.9 Å². The van der Waals surface area contributed by atoms with Crippen molar-refractivity contribution in [2.75, 3.05) is 12.5 Å². The van der Waals surface area contributed by atoms with E-state index < -0.39 is 0 Å². The summed E-state index contributed by atoms with van der Waals surface area (Å²) in [4.78, 5) is 0. The van der Waals surface area contributed by atoms with Gasteiger partial charge in [0.05, 0.1) is 13.2 Å². The fraction of sp³-hybridized carbons (Fsp3) is 0.273. The van der Waals surface area contributed by atoms with Gasteiger partial charge in [-0.25, -0.2) is 0 Å². The summed E-state index contributed by atoms with van der Waals surface area (Å²) in [5, 5.41) is 4.48. The molecule has 0 radical (unpaired) electrons. The van der Waals surface area contributed by atoms with Crippen molar-refractivity contribution in [3.63, 3.8) is 0 Å². The van der Waals surface area contributed by atoms with E-state index in [0.717, 1.165) is 17.1 Å². The molecular formula is C11H11N3O3S. The SMILES string of the molecule is Nc1snnc1COCc1ccc2c(c1)OCO2. The van der Waals surface area contributed by atoms with Gasteiger partial charge in [-0.2, -0.15) is 0 Å². The van der Waals surface area contributed by atoms with Crippen LogP contribution in [0.15, 0.2) is 18.2 Å². The van der Waals surface area contributed by atoms with Crippen molar-refractivity contribution < 1.29 is 14.2 Å². The zero-order valence-corrected chi connectivity index (χ0v) is 10.3. The summed E-state index contributed by atoms with van der Waals surface area (Å²) < 4.78 is 19.8. The molecule has 0 fully saturated rings. The highest BCUT2D eigenvalue weighted by molar-refractivity contribution is 7.09. The maximum absolute atomic E-state index is 5.67. The van der Waals surface area contributed by atoms with E-state index in [-0.39, 0.29) is 6.79 Å². The van der Waals surface area contributed by atoms with Crippen LogP contribution in [0.1, 0.15) is 11.3 Å². The minimum absolute atomic E-state index is 0.278. The zero-order valence-electron chi connectivity index (χ0n) is 9.46. The quantitative estimate of drug-likeness (QED) is 0.903. The van der Waals surface area contributed by atoms with E-state index in [2.05, 4.69) is 9.59 Å². The third kappa shape index (κ3) is 2.22. The maximum atomic E-state index is 5.67. The van der Waals surface area contributed by atoms with E-state index in [1.165, 1.54) is 11.5 Å². The van der Waals surface area contributed by atoms with Crippen LogP contribution in [0.5, 0.6) is 11.5 Å². The highest BCUT2D eigenvalue weighted by Gasteiger charge is 2.13. The summed E-state index contributed by atoms with van der Waals surface area (Å²) >= 11 is 1.17. The monoisotopic (exact) mass is 265 g/mol. The number of fused-ring (bicyclic) bond motifs is 1. The van der Waals surface area contributed by atoms with Gasteiger partial charge in [-0.3, -0.25) is 0 Å². The van der Waals surface area contributed by atoms with Crippen LogP contribution in [0, 0.1) is 0 Å². The molecule has 2 N–H and O–H groups in total. The molecule has 2 heterocycles. The first-order valence-corrected chi connectivity index (χ1v) is 6.13. The van der Waals surface area contributed by atoms with Crippen molar-refractivity contribution in [2.24, 2.45) is 0 Å². The highest BCUT2D eigenvalue weighted by atomic mass is 32.1. The Morgan fingerprint density at radius 1 is 1.28 bits per heavy atom. The molecule has 1 aromatic heterocycles. The molecule has 1 aliphatic rings. The number of rotatable bonds is 4. The third-order valence-corrected chi connectivity index (χ3v) is 3.13. The van der Waals surface area contributed by atoms with Gasteiger partial charge in [-0.1, -0.05) is 10.6 Å². The lowest BCUT2D eigenvalue weighted by Gasteiger charge is -2.04. The van der Waals surface area contributed by atoms with Gasteiger partial charge in [0.2, 0.25) is 6.79 Å². The molecule has 1 aliphatic heterocycles. The van der Waals surface area contributed by atoms with Gasteiger partial charge in [0.25, 0.3) is 0 Å². The van der Waals surface area contributed by atoms with Crippen molar-refractivity contribution in [3.05, 3.63) is 29.5 Å². The molecule has 6 nitrogen and oxygen atoms in total. The largest absolute Gasteiger partial charge is 0.454 e. The zero-order chi connectivity index (χ0) is 12.4. The summed E-state index contributed by atoms with van der Waals surface area (Å²) in [6, 6.07) is 5.72. The molecule has 0 saturated heterocycles. The maximum Gasteiger partial charge on any atom is 0.231 e. The second-order valence-corrected chi connectivity index (χ2v) is 4.55. The van der Waals surface area contributed by atoms with Gasteiger partial charge in [-0.05, 0) is 17.7 Å². The minimum Gasteiger partial charge on any atom is -0.454 e. The Balaban J connectivity index is 1.59. The smallest absolute Gasteiger partial charge is 0.231 e. The first-order valence-electron chi connectivity index (χ1n) is 5.36. The Morgan fingerprint density at radius 2 is 2.17 bits per heavy atom. The van der Waals surface area contributed by atoms with Crippen LogP contribution in [-0.2, 0) is 18.0 Å². The average Bonchev–Trinajstić information content (AvgIpc) is 2.98. The average molecular weight is 265 g/mol. The Morgan fingerprint density at radius 3 is 3.00 bits per heavy atom. The highest BCUT2D eigenvalue weighted by Crippen LogP contribution is 2.32. The van der Waals surface area contributed by atoms with Gasteiger partial charge >= 0.3 is 0 Å². The standard InChI is InChI=1S/C11H11N3O3S/c12-11-8(13-14-18-11)5-15-4-7-1-2-9-10(3-7)17-6-16-9/h1-3H,4-6,12H2. The van der Waals surface area contributed by atoms with Crippen molar-refractivity contribution in [1.29, 1.82) is 0 Å². The molecule has 1 aromatic carbocycles. The molecular weight excluding hydrogens is 254 g/mol. The van der Waals surface area contributed by atoms with Crippen LogP contribution in [0.25, 0.3) is 0 Å². The fourth-order valence-electron chi connectivity index (χ4n) is 1.61. The van der Waals surface area contributed by atoms with Gasteiger partial charge in [0.1, 0.15) is 10.7 Å². The van der Waals surface area contributed by atoms with Crippen LogP contribution in [0.2, 0.25) is 0 Å². The first kappa shape index (κ1) is 11.2. The van der Waals surface area contributed by atoms with Crippen LogP contribution >= 0.6 is 11.5 Å². The second kappa shape index (κ2) is 4.79. The number of benzene rings is 1. The number of ether oxygens (including phenoxy) is 3. The predicted octanol–water partition coefficient (Wildman–Crippen LogP) is 1.57. The predicted molar refractivity (Wildman–Crippen MR) is 65.4 cm³/mol. The van der Waals surface area contributed by atoms with E-state index in [1.54, 1.807) is 0 Å². The van der Waals surface area contributed by atoms with E-state index >= 15 is 0 Å². The number of hydrogen-bond acceptors (Lipinski definition) is 7. The molecule has 18 heavy (non-hydrogen) atoms. The first-order chi connectivity index (χ1) is 8.83. The Labute approximate surface area is 107 Å². The number of nitrogens with two attached hydrogens (primary N) is 1. The van der Waals surface area contributed by atoms with Gasteiger partial charge in [-0.15, -0.1) is 5.10 Å². The van der Waals surface area contributed by atoms with Crippen LogP contribution in [0.4, 0.5) is 5.00 Å². The number of nitrogens with zero attached hydrogens (tertiary/aromatic N) is 2. The molecule has 7 heteroatoms. The molecule has 0 bridgehead atoms. The molecule has 0 unspecified atom stereocenters. The lowest BCUT2D eigenvalue weighted by molar-refractivity contribution is 0.105. The number of aromatic nitrogens is 2. The van der Waals surface area contributed by atoms with Gasteiger partial charge in [0.15, 0.2) is 11.5 Å². The van der Waals surface area contributed by atoms with Crippen LogP contribution in [0.3, 0.4) is 0 Å². The van der Waals surface area contributed by atoms with Crippen LogP contribution in [-0.4, -0.2) is 16.4 Å². The number of anilines is 1. The third-order valence-electron chi connectivity index (χ3n) is 2.53. The minimum atomic E-state index is 0.278. The van der Waals surface area contributed by atoms with Crippen molar-refractivity contribution in [3.8, 4) is 11.5 Å². The van der Waals surface area contributed by atoms with Gasteiger partial charge < -0.3 is 19.9 Å². The molecule has 0 atom stereocenters.